The summed E-state index contributed by atoms with van der Waals surface area (Å²) in [5.74, 6) is -1.31. The van der Waals surface area contributed by atoms with Gasteiger partial charge in [-0.05, 0) is 31.6 Å². The first-order valence-electron chi connectivity index (χ1n) is 38.6. The minimum atomic E-state index is -4.95. The lowest BCUT2D eigenvalue weighted by atomic mass is 10.0. The van der Waals surface area contributed by atoms with Crippen LogP contribution in [-0.4, -0.2) is 96.7 Å². The number of carbonyl (C=O) groups is 4. The lowest BCUT2D eigenvalue weighted by Gasteiger charge is -2.21. The molecule has 0 aromatic carbocycles. The molecule has 0 bridgehead atoms. The fourth-order valence-electron chi connectivity index (χ4n) is 11.4. The normalized spacial score (nSPS) is 14.0. The highest BCUT2D eigenvalue weighted by atomic mass is 31.2. The van der Waals surface area contributed by atoms with Crippen molar-refractivity contribution >= 4 is 39.5 Å². The largest absolute Gasteiger partial charge is 0.472 e. The summed E-state index contributed by atoms with van der Waals surface area (Å²) in [5, 5.41) is 10.6. The van der Waals surface area contributed by atoms with E-state index in [4.69, 9.17) is 37.0 Å². The number of rotatable bonds is 74. The molecule has 17 nitrogen and oxygen atoms in total. The molecule has 0 aliphatic rings. The van der Waals surface area contributed by atoms with Gasteiger partial charge in [-0.25, -0.2) is 9.13 Å². The van der Waals surface area contributed by atoms with Crippen molar-refractivity contribution in [3.8, 4) is 0 Å². The summed E-state index contributed by atoms with van der Waals surface area (Å²) in [6.07, 6.45) is 55.4. The first-order valence-corrected chi connectivity index (χ1v) is 41.6. The van der Waals surface area contributed by atoms with Crippen LogP contribution in [0.3, 0.4) is 0 Å². The molecule has 0 aliphatic carbocycles. The fourth-order valence-corrected chi connectivity index (χ4v) is 12.9. The molecule has 0 aromatic heterocycles. The maximum Gasteiger partial charge on any atom is 0.472 e. The van der Waals surface area contributed by atoms with E-state index in [0.29, 0.717) is 25.7 Å². The van der Waals surface area contributed by atoms with Crippen molar-refractivity contribution in [3.63, 3.8) is 0 Å². The zero-order valence-electron chi connectivity index (χ0n) is 60.4. The van der Waals surface area contributed by atoms with Crippen LogP contribution in [0.1, 0.15) is 388 Å². The second-order valence-corrected chi connectivity index (χ2v) is 30.1. The second kappa shape index (κ2) is 67.3. The van der Waals surface area contributed by atoms with Crippen molar-refractivity contribution in [1.82, 2.24) is 0 Å². The molecule has 0 spiro atoms. The van der Waals surface area contributed by atoms with Gasteiger partial charge < -0.3 is 33.8 Å². The molecule has 552 valence electrons. The lowest BCUT2D eigenvalue weighted by molar-refractivity contribution is -0.161. The van der Waals surface area contributed by atoms with Gasteiger partial charge in [-0.2, -0.15) is 0 Å². The third-order valence-electron chi connectivity index (χ3n) is 17.3. The maximum absolute atomic E-state index is 13.1. The van der Waals surface area contributed by atoms with E-state index >= 15 is 0 Å². The van der Waals surface area contributed by atoms with Crippen molar-refractivity contribution in [1.29, 1.82) is 0 Å². The predicted octanol–water partition coefficient (Wildman–Crippen LogP) is 21.7. The number of aliphatic hydroxyl groups is 1. The van der Waals surface area contributed by atoms with E-state index < -0.39 is 97.5 Å². The average Bonchev–Trinajstić information content (AvgIpc) is 1.77. The number of aliphatic hydroxyl groups excluding tert-OH is 1. The van der Waals surface area contributed by atoms with Gasteiger partial charge in [0.2, 0.25) is 0 Å². The average molecular weight is 1370 g/mol. The molecule has 0 heterocycles. The molecule has 0 radical (unpaired) electrons. The van der Waals surface area contributed by atoms with Gasteiger partial charge in [0.1, 0.15) is 19.3 Å². The van der Waals surface area contributed by atoms with Gasteiger partial charge in [-0.15, -0.1) is 0 Å². The van der Waals surface area contributed by atoms with Crippen LogP contribution in [0, 0.1) is 5.92 Å². The molecule has 5 atom stereocenters. The van der Waals surface area contributed by atoms with Gasteiger partial charge in [-0.3, -0.25) is 37.3 Å². The summed E-state index contributed by atoms with van der Waals surface area (Å²) in [5.41, 5.74) is 0. The Bertz CT molecular complexity index is 1790. The molecule has 0 amide bonds. The summed E-state index contributed by atoms with van der Waals surface area (Å²) in [7, 11) is -9.90. The molecule has 2 unspecified atom stereocenters. The molecule has 0 aromatic rings. The first kappa shape index (κ1) is 91.1. The standard InChI is InChI=1S/C74H144O17P2/c1-6-9-12-15-18-21-23-29-34-38-43-48-53-58-72(77)85-64-70(91-74(79)60-55-50-45-40-35-31-28-26-25-27-30-32-37-41-46-51-56-67(4)5)66-89-93(82,83)87-62-68(75)61-86-92(80,81)88-65-69(63-84-71(76)57-52-47-42-36-20-17-14-11-8-3)90-73(78)59-54-49-44-39-33-24-22-19-16-13-10-7-2/h67-70,75H,6-66H2,1-5H3,(H,80,81)(H,82,83)/t68-,69+,70+/m0/s1. The smallest absolute Gasteiger partial charge is 0.462 e. The van der Waals surface area contributed by atoms with Crippen LogP contribution in [0.15, 0.2) is 0 Å². The lowest BCUT2D eigenvalue weighted by Crippen LogP contribution is -2.30. The number of carbonyl (C=O) groups excluding carboxylic acids is 4. The van der Waals surface area contributed by atoms with E-state index in [1.165, 1.54) is 212 Å². The topological polar surface area (TPSA) is 237 Å². The Morgan fingerprint density at radius 1 is 0.290 bits per heavy atom. The summed E-state index contributed by atoms with van der Waals surface area (Å²) in [6, 6.07) is 0. The molecule has 0 fully saturated rings. The molecular formula is C74H144O17P2. The van der Waals surface area contributed by atoms with Crippen molar-refractivity contribution in [3.05, 3.63) is 0 Å². The Kier molecular flexibility index (Phi) is 65.9. The van der Waals surface area contributed by atoms with Gasteiger partial charge in [0.05, 0.1) is 26.4 Å². The monoisotopic (exact) mass is 1370 g/mol. The van der Waals surface area contributed by atoms with Gasteiger partial charge >= 0.3 is 39.5 Å². The van der Waals surface area contributed by atoms with Crippen molar-refractivity contribution < 1.29 is 80.2 Å². The van der Waals surface area contributed by atoms with Gasteiger partial charge in [0, 0.05) is 25.7 Å². The van der Waals surface area contributed by atoms with E-state index in [-0.39, 0.29) is 25.7 Å². The van der Waals surface area contributed by atoms with E-state index in [2.05, 4.69) is 34.6 Å². The quantitative estimate of drug-likeness (QED) is 0.0222. The van der Waals surface area contributed by atoms with Crippen LogP contribution in [-0.2, 0) is 65.4 Å². The predicted molar refractivity (Wildman–Crippen MR) is 377 cm³/mol. The third kappa shape index (κ3) is 68.4. The van der Waals surface area contributed by atoms with Crippen LogP contribution in [0.4, 0.5) is 0 Å². The number of unbranched alkanes of at least 4 members (excludes halogenated alkanes) is 46. The molecule has 3 N–H and O–H groups in total. The Balaban J connectivity index is 5.21. The SMILES string of the molecule is CCCCCCCCCCCCCCCC(=O)OC[C@H](COP(=O)(O)OC[C@@H](O)COP(=O)(O)OC[C@@H](COC(=O)CCCCCCCCCCC)OC(=O)CCCCCCCCCCCCCC)OC(=O)CCCCCCCCCCCCCCCCCCC(C)C. The highest BCUT2D eigenvalue weighted by molar-refractivity contribution is 7.47. The molecule has 93 heavy (non-hydrogen) atoms. The molecule has 0 saturated heterocycles. The van der Waals surface area contributed by atoms with Crippen molar-refractivity contribution in [2.45, 2.75) is 406 Å². The number of phosphoric ester groups is 2. The number of esters is 4. The summed E-state index contributed by atoms with van der Waals surface area (Å²) < 4.78 is 68.4. The van der Waals surface area contributed by atoms with Crippen LogP contribution >= 0.6 is 15.6 Å². The number of phosphoric acid groups is 2. The minimum Gasteiger partial charge on any atom is -0.462 e. The van der Waals surface area contributed by atoms with Gasteiger partial charge in [0.15, 0.2) is 12.2 Å². The van der Waals surface area contributed by atoms with Crippen molar-refractivity contribution in [2.24, 2.45) is 5.92 Å². The zero-order chi connectivity index (χ0) is 68.4. The van der Waals surface area contributed by atoms with Crippen molar-refractivity contribution in [2.75, 3.05) is 39.6 Å². The van der Waals surface area contributed by atoms with Gasteiger partial charge in [-0.1, -0.05) is 336 Å². The second-order valence-electron chi connectivity index (χ2n) is 27.2. The Hall–Kier alpha value is -1.94. The Morgan fingerprint density at radius 3 is 0.731 bits per heavy atom. The summed E-state index contributed by atoms with van der Waals surface area (Å²) >= 11 is 0. The first-order chi connectivity index (χ1) is 45.0. The minimum absolute atomic E-state index is 0.108. The van der Waals surface area contributed by atoms with E-state index in [1.807, 2.05) is 0 Å². The molecule has 0 aliphatic heterocycles. The summed E-state index contributed by atoms with van der Waals surface area (Å²) in [4.78, 5) is 72.7. The van der Waals surface area contributed by atoms with E-state index in [0.717, 1.165) is 95.8 Å². The molecule has 0 rings (SSSR count). The zero-order valence-corrected chi connectivity index (χ0v) is 62.2. The number of hydrogen-bond acceptors (Lipinski definition) is 15. The van der Waals surface area contributed by atoms with Crippen LogP contribution in [0.5, 0.6) is 0 Å². The maximum atomic E-state index is 13.1. The van der Waals surface area contributed by atoms with Crippen LogP contribution in [0.2, 0.25) is 0 Å². The molecule has 0 saturated carbocycles. The van der Waals surface area contributed by atoms with E-state index in [1.54, 1.807) is 0 Å². The Labute approximate surface area is 568 Å². The number of hydrogen-bond donors (Lipinski definition) is 3. The Morgan fingerprint density at radius 2 is 0.495 bits per heavy atom. The summed E-state index contributed by atoms with van der Waals surface area (Å²) in [6.45, 7) is 7.30. The van der Waals surface area contributed by atoms with E-state index in [9.17, 15) is 43.2 Å². The third-order valence-corrected chi connectivity index (χ3v) is 19.2. The van der Waals surface area contributed by atoms with Crippen LogP contribution < -0.4 is 0 Å². The number of ether oxygens (including phenoxy) is 4. The van der Waals surface area contributed by atoms with Crippen LogP contribution in [0.25, 0.3) is 0 Å². The van der Waals surface area contributed by atoms with Gasteiger partial charge in [0.25, 0.3) is 0 Å². The highest BCUT2D eigenvalue weighted by Crippen LogP contribution is 2.45. The fraction of sp³-hybridized carbons (Fsp3) is 0.946. The highest BCUT2D eigenvalue weighted by Gasteiger charge is 2.30. The molecule has 19 heteroatoms. The molecular weight excluding hydrogens is 1220 g/mol.